The van der Waals surface area contributed by atoms with Crippen molar-refractivity contribution in [2.45, 2.75) is 37.8 Å². The molecule has 2 N–H and O–H groups in total. The quantitative estimate of drug-likeness (QED) is 0.504. The minimum absolute atomic E-state index is 0.00578. The van der Waals surface area contributed by atoms with Crippen LogP contribution in [0.4, 0.5) is 0 Å². The van der Waals surface area contributed by atoms with Crippen molar-refractivity contribution >= 4 is 23.5 Å². The molecular weight excluding hydrogens is 384 g/mol. The summed E-state index contributed by atoms with van der Waals surface area (Å²) in [4.78, 5) is 42.0. The molecule has 1 aliphatic carbocycles. The lowest BCUT2D eigenvalue weighted by atomic mass is 9.93. The van der Waals surface area contributed by atoms with Gasteiger partial charge in [-0.15, -0.1) is 0 Å². The minimum Gasteiger partial charge on any atom is -0.393 e. The summed E-state index contributed by atoms with van der Waals surface area (Å²) in [6, 6.07) is 6.97. The van der Waals surface area contributed by atoms with Gasteiger partial charge in [0.1, 0.15) is 0 Å². The number of carbonyl (C=O) groups excluding carboxylic acids is 1. The van der Waals surface area contributed by atoms with Gasteiger partial charge in [-0.2, -0.15) is 4.99 Å². The van der Waals surface area contributed by atoms with Crippen molar-refractivity contribution in [3.8, 4) is 11.3 Å². The Kier molecular flexibility index (Phi) is 5.45. The van der Waals surface area contributed by atoms with Gasteiger partial charge < -0.3 is 10.0 Å². The fourth-order valence-corrected chi connectivity index (χ4v) is 3.71. The standard InChI is InChI=1S/C21H24N6O3/c1-26(2)12-23-20(29)14-5-3-13(4-6-14)17-11-22-18-19(24-17)27(21(30)25-18)15-7-9-16(28)10-8-15/h3-6,11-12,15-16,28H,7-10H2,1-2H3,(H,22,25,30)/b23-12+/t15-,16-. The lowest BCUT2D eigenvalue weighted by Crippen LogP contribution is -2.27. The summed E-state index contributed by atoms with van der Waals surface area (Å²) in [5.74, 6) is -0.323. The Hall–Kier alpha value is -3.33. The molecule has 9 heteroatoms. The summed E-state index contributed by atoms with van der Waals surface area (Å²) in [7, 11) is 3.59. The van der Waals surface area contributed by atoms with Gasteiger partial charge in [0.15, 0.2) is 11.3 Å². The van der Waals surface area contributed by atoms with Gasteiger partial charge in [-0.1, -0.05) is 12.1 Å². The van der Waals surface area contributed by atoms with Gasteiger partial charge in [-0.3, -0.25) is 14.3 Å². The first-order valence-electron chi connectivity index (χ1n) is 9.93. The molecule has 1 aliphatic rings. The molecule has 30 heavy (non-hydrogen) atoms. The Morgan fingerprint density at radius 2 is 1.93 bits per heavy atom. The topological polar surface area (TPSA) is 116 Å². The number of H-pyrrole nitrogens is 1. The van der Waals surface area contributed by atoms with Crippen LogP contribution >= 0.6 is 0 Å². The molecule has 3 aromatic rings. The summed E-state index contributed by atoms with van der Waals surface area (Å²) in [6.45, 7) is 0. The van der Waals surface area contributed by atoms with Gasteiger partial charge in [-0.25, -0.2) is 14.8 Å². The fraction of sp³-hybridized carbons (Fsp3) is 0.381. The number of fused-ring (bicyclic) bond motifs is 1. The third kappa shape index (κ3) is 4.02. The number of nitrogens with one attached hydrogen (secondary N) is 1. The molecule has 4 rings (SSSR count). The molecule has 0 bridgehead atoms. The van der Waals surface area contributed by atoms with Crippen LogP contribution in [0.5, 0.6) is 0 Å². The number of benzene rings is 1. The number of nitrogens with zero attached hydrogens (tertiary/aromatic N) is 5. The van der Waals surface area contributed by atoms with Crippen LogP contribution in [0.2, 0.25) is 0 Å². The van der Waals surface area contributed by atoms with Crippen molar-refractivity contribution in [1.29, 1.82) is 0 Å². The zero-order chi connectivity index (χ0) is 21.3. The third-order valence-corrected chi connectivity index (χ3v) is 5.29. The lowest BCUT2D eigenvalue weighted by Gasteiger charge is -2.25. The minimum atomic E-state index is -0.323. The summed E-state index contributed by atoms with van der Waals surface area (Å²) < 4.78 is 1.66. The van der Waals surface area contributed by atoms with Crippen molar-refractivity contribution in [3.05, 3.63) is 46.5 Å². The first kappa shape index (κ1) is 20.0. The number of aliphatic hydroxyl groups is 1. The zero-order valence-electron chi connectivity index (χ0n) is 16.9. The molecule has 156 valence electrons. The summed E-state index contributed by atoms with van der Waals surface area (Å²) in [5.41, 5.74) is 2.60. The highest BCUT2D eigenvalue weighted by Gasteiger charge is 2.25. The van der Waals surface area contributed by atoms with Crippen molar-refractivity contribution in [2.75, 3.05) is 14.1 Å². The molecule has 9 nitrogen and oxygen atoms in total. The predicted octanol–water partition coefficient (Wildman–Crippen LogP) is 1.99. The van der Waals surface area contributed by atoms with E-state index in [9.17, 15) is 14.7 Å². The number of imidazole rings is 1. The normalized spacial score (nSPS) is 19.4. The van der Waals surface area contributed by atoms with Gasteiger partial charge in [0.25, 0.3) is 5.91 Å². The van der Waals surface area contributed by atoms with Crippen LogP contribution in [-0.4, -0.2) is 62.0 Å². The first-order chi connectivity index (χ1) is 14.4. The highest BCUT2D eigenvalue weighted by molar-refractivity contribution is 5.98. The van der Waals surface area contributed by atoms with Gasteiger partial charge in [0, 0.05) is 31.3 Å². The van der Waals surface area contributed by atoms with Crippen LogP contribution in [0, 0.1) is 0 Å². The molecule has 1 saturated carbocycles. The molecule has 2 aromatic heterocycles. The van der Waals surface area contributed by atoms with E-state index in [1.807, 2.05) is 0 Å². The first-order valence-corrected chi connectivity index (χ1v) is 9.93. The Labute approximate surface area is 173 Å². The number of hydrogen-bond donors (Lipinski definition) is 2. The Balaban J connectivity index is 1.64. The number of aromatic amines is 1. The lowest BCUT2D eigenvalue weighted by molar-refractivity contribution is 0.100. The fourth-order valence-electron chi connectivity index (χ4n) is 3.71. The van der Waals surface area contributed by atoms with Gasteiger partial charge in [0.05, 0.1) is 24.3 Å². The van der Waals surface area contributed by atoms with Crippen LogP contribution in [0.3, 0.4) is 0 Å². The van der Waals surface area contributed by atoms with Crippen LogP contribution in [0.1, 0.15) is 42.1 Å². The smallest absolute Gasteiger partial charge is 0.329 e. The molecule has 0 spiro atoms. The maximum Gasteiger partial charge on any atom is 0.329 e. The van der Waals surface area contributed by atoms with E-state index in [1.54, 1.807) is 54.0 Å². The monoisotopic (exact) mass is 408 g/mol. The highest BCUT2D eigenvalue weighted by Crippen LogP contribution is 2.29. The van der Waals surface area contributed by atoms with E-state index in [2.05, 4.69) is 19.9 Å². The SMILES string of the molecule is CN(C)/C=N/C(=O)c1ccc(-c2cnc3[nH]c(=O)n([C@H]4CC[C@H](O)CC4)c3n2)cc1. The molecule has 0 radical (unpaired) electrons. The highest BCUT2D eigenvalue weighted by atomic mass is 16.3. The Morgan fingerprint density at radius 1 is 1.23 bits per heavy atom. The number of aliphatic hydroxyl groups excluding tert-OH is 1. The van der Waals surface area contributed by atoms with Crippen LogP contribution in [0.25, 0.3) is 22.6 Å². The van der Waals surface area contributed by atoms with E-state index in [0.29, 0.717) is 35.4 Å². The maximum atomic E-state index is 12.5. The Morgan fingerprint density at radius 3 is 2.60 bits per heavy atom. The molecule has 1 fully saturated rings. The molecule has 1 amide bonds. The maximum absolute atomic E-state index is 12.5. The van der Waals surface area contributed by atoms with E-state index in [4.69, 9.17) is 0 Å². The number of amides is 1. The van der Waals surface area contributed by atoms with E-state index in [-0.39, 0.29) is 23.7 Å². The van der Waals surface area contributed by atoms with Crippen molar-refractivity contribution in [1.82, 2.24) is 24.4 Å². The second-order valence-electron chi connectivity index (χ2n) is 7.78. The van der Waals surface area contributed by atoms with E-state index >= 15 is 0 Å². The number of carbonyl (C=O) groups is 1. The summed E-state index contributed by atoms with van der Waals surface area (Å²) in [5, 5.41) is 9.76. The second kappa shape index (κ2) is 8.19. The van der Waals surface area contributed by atoms with Gasteiger partial charge in [-0.05, 0) is 37.8 Å². The second-order valence-corrected chi connectivity index (χ2v) is 7.78. The zero-order valence-corrected chi connectivity index (χ0v) is 16.9. The molecule has 0 aliphatic heterocycles. The van der Waals surface area contributed by atoms with E-state index in [1.165, 1.54) is 6.34 Å². The van der Waals surface area contributed by atoms with E-state index < -0.39 is 0 Å². The molecule has 0 saturated heterocycles. The third-order valence-electron chi connectivity index (χ3n) is 5.29. The molecule has 1 aromatic carbocycles. The van der Waals surface area contributed by atoms with Crippen LogP contribution in [0.15, 0.2) is 40.2 Å². The largest absolute Gasteiger partial charge is 0.393 e. The van der Waals surface area contributed by atoms with Gasteiger partial charge >= 0.3 is 5.69 Å². The van der Waals surface area contributed by atoms with E-state index in [0.717, 1.165) is 18.4 Å². The number of rotatable bonds is 4. The summed E-state index contributed by atoms with van der Waals surface area (Å²) >= 11 is 0. The molecular formula is C21H24N6O3. The van der Waals surface area contributed by atoms with Crippen molar-refractivity contribution in [3.63, 3.8) is 0 Å². The van der Waals surface area contributed by atoms with Crippen molar-refractivity contribution < 1.29 is 9.90 Å². The molecule has 2 heterocycles. The van der Waals surface area contributed by atoms with Crippen LogP contribution in [-0.2, 0) is 0 Å². The average molecular weight is 408 g/mol. The molecule has 0 atom stereocenters. The predicted molar refractivity (Wildman–Crippen MR) is 114 cm³/mol. The Bertz CT molecular complexity index is 1140. The average Bonchev–Trinajstić information content (AvgIpc) is 3.07. The molecule has 0 unspecified atom stereocenters. The van der Waals surface area contributed by atoms with Gasteiger partial charge in [0.2, 0.25) is 0 Å². The number of aromatic nitrogens is 4. The van der Waals surface area contributed by atoms with Crippen molar-refractivity contribution in [2.24, 2.45) is 4.99 Å². The number of aliphatic imine (C=N–C) groups is 1. The summed E-state index contributed by atoms with van der Waals surface area (Å²) in [6.07, 6.45) is 5.56. The number of hydrogen-bond acceptors (Lipinski definition) is 5. The van der Waals surface area contributed by atoms with Crippen LogP contribution < -0.4 is 5.69 Å².